The van der Waals surface area contributed by atoms with Crippen molar-refractivity contribution >= 4 is 16.7 Å². The Balaban J connectivity index is 1.76. The van der Waals surface area contributed by atoms with E-state index in [1.54, 1.807) is 0 Å². The number of hydrogen-bond donors (Lipinski definition) is 0. The van der Waals surface area contributed by atoms with Crippen LogP contribution in [0.5, 0.6) is 0 Å². The summed E-state index contributed by atoms with van der Waals surface area (Å²) in [5.74, 6) is 0.496. The second kappa shape index (κ2) is 5.58. The maximum atomic E-state index is 4.58. The maximum absolute atomic E-state index is 4.58. The number of fused-ring (bicyclic) bond motifs is 1. The summed E-state index contributed by atoms with van der Waals surface area (Å²) in [6, 6.07) is 16.0. The summed E-state index contributed by atoms with van der Waals surface area (Å²) >= 11 is 0. The molecule has 0 N–H and O–H groups in total. The van der Waals surface area contributed by atoms with Gasteiger partial charge in [0.1, 0.15) is 5.52 Å². The van der Waals surface area contributed by atoms with E-state index >= 15 is 0 Å². The first-order valence-corrected chi connectivity index (χ1v) is 9.48. The molecular formula is C21H24N4. The fourth-order valence-corrected chi connectivity index (χ4v) is 5.10. The molecule has 3 heterocycles. The molecule has 25 heavy (non-hydrogen) atoms. The second-order valence-electron chi connectivity index (χ2n) is 7.45. The van der Waals surface area contributed by atoms with Crippen LogP contribution in [0.3, 0.4) is 0 Å². The highest BCUT2D eigenvalue weighted by atomic mass is 15.4. The van der Waals surface area contributed by atoms with Crippen molar-refractivity contribution in [3.05, 3.63) is 53.6 Å². The van der Waals surface area contributed by atoms with Crippen LogP contribution >= 0.6 is 0 Å². The number of hydrogen-bond acceptors (Lipinski definition) is 3. The summed E-state index contributed by atoms with van der Waals surface area (Å²) < 4.78 is 2.17. The Labute approximate surface area is 148 Å². The molecule has 2 aromatic carbocycles. The Morgan fingerprint density at radius 3 is 2.88 bits per heavy atom. The standard InChI is InChI=1S/C21H24N4/c1-3-18-14(2)20(25-19-12-5-4-11-17(19)22-23-25)16-10-6-8-15-9-7-13-24(18)21(15)16/h4-6,8,10-12,14,18,20H,3,7,9,13H2,1-2H3/t14-,18-,20+/m1/s1. The third-order valence-electron chi connectivity index (χ3n) is 6.17. The van der Waals surface area contributed by atoms with Crippen LogP contribution in [0.25, 0.3) is 11.0 Å². The third-order valence-corrected chi connectivity index (χ3v) is 6.17. The first-order chi connectivity index (χ1) is 12.3. The minimum absolute atomic E-state index is 0.252. The highest BCUT2D eigenvalue weighted by Crippen LogP contribution is 2.47. The first-order valence-electron chi connectivity index (χ1n) is 9.48. The lowest BCUT2D eigenvalue weighted by Gasteiger charge is -2.49. The molecular weight excluding hydrogens is 308 g/mol. The number of aromatic nitrogens is 3. The fourth-order valence-electron chi connectivity index (χ4n) is 5.10. The van der Waals surface area contributed by atoms with Crippen molar-refractivity contribution in [2.75, 3.05) is 11.4 Å². The molecule has 128 valence electrons. The minimum atomic E-state index is 0.252. The molecule has 2 aliphatic rings. The lowest BCUT2D eigenvalue weighted by Crippen LogP contribution is -2.49. The van der Waals surface area contributed by atoms with Crippen LogP contribution in [0.15, 0.2) is 42.5 Å². The molecule has 2 aliphatic heterocycles. The number of para-hydroxylation sites is 2. The normalized spacial score (nSPS) is 25.2. The summed E-state index contributed by atoms with van der Waals surface area (Å²) in [7, 11) is 0. The van der Waals surface area contributed by atoms with Crippen LogP contribution < -0.4 is 4.90 Å². The van der Waals surface area contributed by atoms with Gasteiger partial charge in [-0.3, -0.25) is 0 Å². The number of anilines is 1. The van der Waals surface area contributed by atoms with Crippen LogP contribution in [0.4, 0.5) is 5.69 Å². The predicted molar refractivity (Wildman–Crippen MR) is 101 cm³/mol. The van der Waals surface area contributed by atoms with Gasteiger partial charge < -0.3 is 4.90 Å². The second-order valence-corrected chi connectivity index (χ2v) is 7.45. The summed E-state index contributed by atoms with van der Waals surface area (Å²) in [4.78, 5) is 2.68. The van der Waals surface area contributed by atoms with Crippen LogP contribution in [-0.2, 0) is 6.42 Å². The van der Waals surface area contributed by atoms with Crippen molar-refractivity contribution in [2.45, 2.75) is 45.2 Å². The number of rotatable bonds is 2. The van der Waals surface area contributed by atoms with Crippen LogP contribution in [0.2, 0.25) is 0 Å². The van der Waals surface area contributed by atoms with Crippen LogP contribution in [0, 0.1) is 5.92 Å². The average Bonchev–Trinajstić information content (AvgIpc) is 3.06. The molecule has 0 unspecified atom stereocenters. The molecule has 0 amide bonds. The first kappa shape index (κ1) is 14.9. The van der Waals surface area contributed by atoms with Gasteiger partial charge in [-0.2, -0.15) is 0 Å². The quantitative estimate of drug-likeness (QED) is 0.705. The van der Waals surface area contributed by atoms with E-state index in [0.717, 1.165) is 17.5 Å². The van der Waals surface area contributed by atoms with Gasteiger partial charge in [-0.1, -0.05) is 49.4 Å². The van der Waals surface area contributed by atoms with E-state index in [0.29, 0.717) is 12.0 Å². The van der Waals surface area contributed by atoms with Gasteiger partial charge in [0.2, 0.25) is 0 Å². The molecule has 0 fully saturated rings. The summed E-state index contributed by atoms with van der Waals surface area (Å²) in [6.45, 7) is 5.89. The van der Waals surface area contributed by atoms with Gasteiger partial charge in [0.25, 0.3) is 0 Å². The van der Waals surface area contributed by atoms with Crippen molar-refractivity contribution in [2.24, 2.45) is 5.92 Å². The van der Waals surface area contributed by atoms with Crippen molar-refractivity contribution < 1.29 is 0 Å². The highest BCUT2D eigenvalue weighted by molar-refractivity contribution is 5.75. The third kappa shape index (κ3) is 2.06. The minimum Gasteiger partial charge on any atom is -0.368 e. The van der Waals surface area contributed by atoms with E-state index in [1.165, 1.54) is 36.2 Å². The molecule has 0 radical (unpaired) electrons. The summed E-state index contributed by atoms with van der Waals surface area (Å²) in [5, 5.41) is 9.01. The molecule has 3 aromatic rings. The zero-order chi connectivity index (χ0) is 17.0. The Morgan fingerprint density at radius 2 is 2.00 bits per heavy atom. The lowest BCUT2D eigenvalue weighted by molar-refractivity contribution is 0.284. The topological polar surface area (TPSA) is 34.0 Å². The lowest BCUT2D eigenvalue weighted by atomic mass is 9.78. The zero-order valence-corrected chi connectivity index (χ0v) is 14.9. The van der Waals surface area contributed by atoms with Gasteiger partial charge in [-0.15, -0.1) is 5.10 Å². The van der Waals surface area contributed by atoms with Crippen LogP contribution in [-0.4, -0.2) is 27.6 Å². The molecule has 3 atom stereocenters. The maximum Gasteiger partial charge on any atom is 0.113 e. The Hall–Kier alpha value is -2.36. The van der Waals surface area contributed by atoms with Crippen molar-refractivity contribution in [3.8, 4) is 0 Å². The van der Waals surface area contributed by atoms with Gasteiger partial charge in [-0.05, 0) is 37.0 Å². The van der Waals surface area contributed by atoms with Crippen molar-refractivity contribution in [1.82, 2.24) is 15.0 Å². The zero-order valence-electron chi connectivity index (χ0n) is 14.9. The molecule has 1 aromatic heterocycles. The monoisotopic (exact) mass is 332 g/mol. The van der Waals surface area contributed by atoms with Gasteiger partial charge in [-0.25, -0.2) is 4.68 Å². The molecule has 0 saturated carbocycles. The molecule has 0 bridgehead atoms. The largest absolute Gasteiger partial charge is 0.368 e. The smallest absolute Gasteiger partial charge is 0.113 e. The summed E-state index contributed by atoms with van der Waals surface area (Å²) in [5.41, 5.74) is 6.52. The van der Waals surface area contributed by atoms with Gasteiger partial charge in [0.05, 0.1) is 11.6 Å². The van der Waals surface area contributed by atoms with Gasteiger partial charge in [0, 0.05) is 29.8 Å². The Bertz CT molecular complexity index is 929. The van der Waals surface area contributed by atoms with Crippen molar-refractivity contribution in [1.29, 1.82) is 0 Å². The predicted octanol–water partition coefficient (Wildman–Crippen LogP) is 4.20. The fraction of sp³-hybridized carbons (Fsp3) is 0.429. The van der Waals surface area contributed by atoms with E-state index in [1.807, 2.05) is 6.07 Å². The number of aryl methyl sites for hydroxylation is 1. The number of nitrogens with zero attached hydrogens (tertiary/aromatic N) is 4. The molecule has 4 heteroatoms. The highest BCUT2D eigenvalue weighted by Gasteiger charge is 2.41. The van der Waals surface area contributed by atoms with Crippen molar-refractivity contribution in [3.63, 3.8) is 0 Å². The molecule has 5 rings (SSSR count). The molecule has 4 nitrogen and oxygen atoms in total. The van der Waals surface area contributed by atoms with E-state index in [4.69, 9.17) is 0 Å². The molecule has 0 saturated heterocycles. The van der Waals surface area contributed by atoms with Crippen LogP contribution in [0.1, 0.15) is 43.9 Å². The number of benzene rings is 2. The SMILES string of the molecule is CC[C@@H]1[C@@H](C)[C@H](n2nnc3ccccc32)c2cccc3c2N1CCC3. The Kier molecular flexibility index (Phi) is 3.34. The average molecular weight is 332 g/mol. The summed E-state index contributed by atoms with van der Waals surface area (Å²) in [6.07, 6.45) is 3.62. The van der Waals surface area contributed by atoms with E-state index in [-0.39, 0.29) is 6.04 Å². The van der Waals surface area contributed by atoms with Gasteiger partial charge >= 0.3 is 0 Å². The Morgan fingerprint density at radius 1 is 1.12 bits per heavy atom. The van der Waals surface area contributed by atoms with Gasteiger partial charge in [0.15, 0.2) is 0 Å². The molecule has 0 aliphatic carbocycles. The van der Waals surface area contributed by atoms with E-state index in [2.05, 4.69) is 70.1 Å². The molecule has 0 spiro atoms. The van der Waals surface area contributed by atoms with E-state index in [9.17, 15) is 0 Å². The van der Waals surface area contributed by atoms with E-state index < -0.39 is 0 Å².